The number of nitrogens with zero attached hydrogens (tertiary/aromatic N) is 4. The number of hydrogen-bond donors (Lipinski definition) is 2. The Morgan fingerprint density at radius 3 is 2.50 bits per heavy atom. The maximum atomic E-state index is 13.0. The minimum atomic E-state index is -0.406. The molecule has 0 aliphatic heterocycles. The maximum Gasteiger partial charge on any atom is 0.255 e. The molecule has 4 rings (SSSR count). The van der Waals surface area contributed by atoms with E-state index in [4.69, 9.17) is 0 Å². The molecule has 0 bridgehead atoms. The lowest BCUT2D eigenvalue weighted by Crippen LogP contribution is -2.28. The van der Waals surface area contributed by atoms with Gasteiger partial charge in [0.2, 0.25) is 11.7 Å². The molecule has 0 fully saturated rings. The van der Waals surface area contributed by atoms with E-state index in [0.717, 1.165) is 11.1 Å². The summed E-state index contributed by atoms with van der Waals surface area (Å²) in [6.45, 7) is 0.195. The number of anilines is 1. The number of rotatable bonds is 7. The molecule has 0 unspecified atom stereocenters. The van der Waals surface area contributed by atoms with Crippen LogP contribution in [0, 0.1) is 5.82 Å². The molecular formula is C23H19FN6O2. The van der Waals surface area contributed by atoms with Gasteiger partial charge in [0.1, 0.15) is 12.4 Å². The number of hydrogen-bond acceptors (Lipinski definition) is 5. The molecule has 2 N–H and O–H groups in total. The highest BCUT2D eigenvalue weighted by atomic mass is 19.1. The predicted molar refractivity (Wildman–Crippen MR) is 116 cm³/mol. The van der Waals surface area contributed by atoms with Gasteiger partial charge < -0.3 is 10.6 Å². The van der Waals surface area contributed by atoms with Gasteiger partial charge in [0.25, 0.3) is 5.91 Å². The van der Waals surface area contributed by atoms with E-state index in [9.17, 15) is 14.0 Å². The smallest absolute Gasteiger partial charge is 0.255 e. The summed E-state index contributed by atoms with van der Waals surface area (Å²) in [6.07, 6.45) is 0. The third kappa shape index (κ3) is 5.39. The monoisotopic (exact) mass is 430 g/mol. The average Bonchev–Trinajstić information content (AvgIpc) is 3.27. The van der Waals surface area contributed by atoms with Crippen LogP contribution < -0.4 is 10.6 Å². The van der Waals surface area contributed by atoms with E-state index in [2.05, 4.69) is 26.0 Å². The number of nitrogens with one attached hydrogen (secondary N) is 2. The van der Waals surface area contributed by atoms with E-state index in [1.54, 1.807) is 18.2 Å². The summed E-state index contributed by atoms with van der Waals surface area (Å²) in [5.74, 6) is -0.583. The first kappa shape index (κ1) is 20.9. The summed E-state index contributed by atoms with van der Waals surface area (Å²) in [7, 11) is 0. The van der Waals surface area contributed by atoms with Gasteiger partial charge in [0, 0.05) is 23.4 Å². The summed E-state index contributed by atoms with van der Waals surface area (Å²) in [5.41, 5.74) is 2.53. The SMILES string of the molecule is O=C(Cn1nnc(-c2ccccc2)n1)NCc1cccc(NC(=O)c2ccc(F)cc2)c1. The highest BCUT2D eigenvalue weighted by molar-refractivity contribution is 6.04. The molecular weight excluding hydrogens is 411 g/mol. The van der Waals surface area contributed by atoms with Gasteiger partial charge in [-0.2, -0.15) is 4.80 Å². The van der Waals surface area contributed by atoms with Crippen LogP contribution in [0.3, 0.4) is 0 Å². The maximum absolute atomic E-state index is 13.0. The Bertz CT molecular complexity index is 1220. The van der Waals surface area contributed by atoms with Crippen LogP contribution >= 0.6 is 0 Å². The van der Waals surface area contributed by atoms with Crippen LogP contribution in [0.2, 0.25) is 0 Å². The van der Waals surface area contributed by atoms with Crippen molar-refractivity contribution < 1.29 is 14.0 Å². The van der Waals surface area contributed by atoms with Crippen LogP contribution in [-0.2, 0) is 17.9 Å². The topological polar surface area (TPSA) is 102 Å². The van der Waals surface area contributed by atoms with Gasteiger partial charge in [-0.05, 0) is 47.2 Å². The van der Waals surface area contributed by atoms with E-state index in [1.165, 1.54) is 29.1 Å². The number of aromatic nitrogens is 4. The number of carbonyl (C=O) groups is 2. The molecule has 2 amide bonds. The summed E-state index contributed by atoms with van der Waals surface area (Å²) in [6, 6.07) is 21.7. The Hall–Kier alpha value is -4.40. The summed E-state index contributed by atoms with van der Waals surface area (Å²) in [5, 5.41) is 17.6. The fourth-order valence-electron chi connectivity index (χ4n) is 2.96. The van der Waals surface area contributed by atoms with E-state index in [1.807, 2.05) is 36.4 Å². The lowest BCUT2D eigenvalue weighted by atomic mass is 10.1. The minimum Gasteiger partial charge on any atom is -0.350 e. The second kappa shape index (κ2) is 9.61. The van der Waals surface area contributed by atoms with Crippen molar-refractivity contribution in [3.8, 4) is 11.4 Å². The molecule has 3 aromatic carbocycles. The molecule has 0 radical (unpaired) electrons. The Morgan fingerprint density at radius 1 is 0.938 bits per heavy atom. The second-order valence-electron chi connectivity index (χ2n) is 6.95. The molecule has 1 aromatic heterocycles. The molecule has 0 aliphatic carbocycles. The number of amides is 2. The number of halogens is 1. The molecule has 1 heterocycles. The largest absolute Gasteiger partial charge is 0.350 e. The summed E-state index contributed by atoms with van der Waals surface area (Å²) >= 11 is 0. The van der Waals surface area contributed by atoms with Gasteiger partial charge in [-0.25, -0.2) is 4.39 Å². The van der Waals surface area contributed by atoms with Crippen molar-refractivity contribution in [2.45, 2.75) is 13.1 Å². The highest BCUT2D eigenvalue weighted by Gasteiger charge is 2.10. The third-order valence-electron chi connectivity index (χ3n) is 4.55. The Morgan fingerprint density at radius 2 is 1.72 bits per heavy atom. The standard InChI is InChI=1S/C23H19FN6O2/c24-19-11-9-18(10-12-19)23(32)26-20-8-4-5-16(13-20)14-25-21(31)15-30-28-22(27-29-30)17-6-2-1-3-7-17/h1-13H,14-15H2,(H,25,31)(H,26,32). The van der Waals surface area contributed by atoms with Crippen molar-refractivity contribution in [1.82, 2.24) is 25.5 Å². The molecule has 9 heteroatoms. The average molecular weight is 430 g/mol. The zero-order valence-corrected chi connectivity index (χ0v) is 16.9. The molecule has 0 spiro atoms. The van der Waals surface area contributed by atoms with E-state index in [-0.39, 0.29) is 24.9 Å². The van der Waals surface area contributed by atoms with Crippen molar-refractivity contribution >= 4 is 17.5 Å². The van der Waals surface area contributed by atoms with Crippen LogP contribution in [0.25, 0.3) is 11.4 Å². The summed E-state index contributed by atoms with van der Waals surface area (Å²) in [4.78, 5) is 25.8. The molecule has 4 aromatic rings. The minimum absolute atomic E-state index is 0.0686. The van der Waals surface area contributed by atoms with Crippen molar-refractivity contribution in [1.29, 1.82) is 0 Å². The normalized spacial score (nSPS) is 10.5. The number of tetrazole rings is 1. The van der Waals surface area contributed by atoms with Crippen LogP contribution in [-0.4, -0.2) is 32.0 Å². The summed E-state index contributed by atoms with van der Waals surface area (Å²) < 4.78 is 13.0. The van der Waals surface area contributed by atoms with Gasteiger partial charge in [-0.1, -0.05) is 42.5 Å². The Labute approximate surface area is 183 Å². The molecule has 0 aliphatic rings. The lowest BCUT2D eigenvalue weighted by Gasteiger charge is -2.09. The van der Waals surface area contributed by atoms with E-state index in [0.29, 0.717) is 17.1 Å². The van der Waals surface area contributed by atoms with Gasteiger partial charge in [-0.3, -0.25) is 9.59 Å². The van der Waals surface area contributed by atoms with Crippen LogP contribution in [0.5, 0.6) is 0 Å². The van der Waals surface area contributed by atoms with Gasteiger partial charge in [-0.15, -0.1) is 10.2 Å². The first-order chi connectivity index (χ1) is 15.6. The van der Waals surface area contributed by atoms with Crippen LogP contribution in [0.15, 0.2) is 78.9 Å². The fraction of sp³-hybridized carbons (Fsp3) is 0.0870. The van der Waals surface area contributed by atoms with Crippen molar-refractivity contribution in [3.05, 3.63) is 95.8 Å². The van der Waals surface area contributed by atoms with Crippen molar-refractivity contribution in [2.24, 2.45) is 0 Å². The van der Waals surface area contributed by atoms with Gasteiger partial charge >= 0.3 is 0 Å². The lowest BCUT2D eigenvalue weighted by molar-refractivity contribution is -0.122. The van der Waals surface area contributed by atoms with Gasteiger partial charge in [0.05, 0.1) is 0 Å². The van der Waals surface area contributed by atoms with Gasteiger partial charge in [0.15, 0.2) is 0 Å². The molecule has 160 valence electrons. The first-order valence-electron chi connectivity index (χ1n) is 9.82. The predicted octanol–water partition coefficient (Wildman–Crippen LogP) is 3.05. The quantitative estimate of drug-likeness (QED) is 0.469. The number of benzene rings is 3. The molecule has 0 saturated heterocycles. The zero-order valence-electron chi connectivity index (χ0n) is 16.9. The molecule has 8 nitrogen and oxygen atoms in total. The molecule has 0 atom stereocenters. The van der Waals surface area contributed by atoms with Crippen LogP contribution in [0.1, 0.15) is 15.9 Å². The van der Waals surface area contributed by atoms with E-state index >= 15 is 0 Å². The first-order valence-corrected chi connectivity index (χ1v) is 9.82. The van der Waals surface area contributed by atoms with Crippen LogP contribution in [0.4, 0.5) is 10.1 Å². The van der Waals surface area contributed by atoms with Crippen molar-refractivity contribution in [3.63, 3.8) is 0 Å². The molecule has 0 saturated carbocycles. The number of carbonyl (C=O) groups excluding carboxylic acids is 2. The molecule has 32 heavy (non-hydrogen) atoms. The van der Waals surface area contributed by atoms with E-state index < -0.39 is 5.82 Å². The highest BCUT2D eigenvalue weighted by Crippen LogP contribution is 2.13. The third-order valence-corrected chi connectivity index (χ3v) is 4.55. The Balaban J connectivity index is 1.31. The van der Waals surface area contributed by atoms with Crippen molar-refractivity contribution in [2.75, 3.05) is 5.32 Å². The fourth-order valence-corrected chi connectivity index (χ4v) is 2.96. The zero-order chi connectivity index (χ0) is 22.3. The Kier molecular flexibility index (Phi) is 6.26. The second-order valence-corrected chi connectivity index (χ2v) is 6.95.